The lowest BCUT2D eigenvalue weighted by atomic mass is 10.3. The van der Waals surface area contributed by atoms with Crippen molar-refractivity contribution in [2.75, 3.05) is 12.8 Å². The van der Waals surface area contributed by atoms with Crippen molar-refractivity contribution in [2.24, 2.45) is 0 Å². The van der Waals surface area contributed by atoms with Gasteiger partial charge in [-0.3, -0.25) is 0 Å². The predicted molar refractivity (Wildman–Crippen MR) is 64.3 cm³/mol. The van der Waals surface area contributed by atoms with Crippen LogP contribution < -0.4 is 5.73 Å². The van der Waals surface area contributed by atoms with E-state index in [9.17, 15) is 9.18 Å². The van der Waals surface area contributed by atoms with E-state index in [1.165, 1.54) is 36.2 Å². The maximum absolute atomic E-state index is 13.2. The van der Waals surface area contributed by atoms with Crippen molar-refractivity contribution in [1.29, 1.82) is 0 Å². The minimum Gasteiger partial charge on any atom is -0.465 e. The second-order valence-corrected chi connectivity index (χ2v) is 3.85. The number of hydrogen-bond donors (Lipinski definition) is 1. The molecule has 0 saturated heterocycles. The Balaban J connectivity index is 2.55. The predicted octanol–water partition coefficient (Wildman–Crippen LogP) is 2.03. The molecule has 7 heteroatoms. The van der Waals surface area contributed by atoms with Crippen molar-refractivity contribution in [3.8, 4) is 5.69 Å². The zero-order valence-electron chi connectivity index (χ0n) is 9.35. The molecule has 1 heterocycles. The summed E-state index contributed by atoms with van der Waals surface area (Å²) in [6.45, 7) is 0. The van der Waals surface area contributed by atoms with E-state index in [2.05, 4.69) is 9.84 Å². The Hall–Kier alpha value is -2.08. The molecular formula is C11H9ClFN3O2. The summed E-state index contributed by atoms with van der Waals surface area (Å²) in [7, 11) is 1.23. The van der Waals surface area contributed by atoms with E-state index < -0.39 is 11.8 Å². The van der Waals surface area contributed by atoms with Crippen molar-refractivity contribution >= 4 is 23.4 Å². The quantitative estimate of drug-likeness (QED) is 0.847. The number of nitrogens with two attached hydrogens (primary N) is 1. The van der Waals surface area contributed by atoms with Crippen molar-refractivity contribution in [3.63, 3.8) is 0 Å². The summed E-state index contributed by atoms with van der Waals surface area (Å²) in [5, 5.41) is 4.16. The van der Waals surface area contributed by atoms with Gasteiger partial charge < -0.3 is 10.5 Å². The number of hydrogen-bond acceptors (Lipinski definition) is 4. The van der Waals surface area contributed by atoms with Gasteiger partial charge in [0.05, 0.1) is 24.0 Å². The molecule has 0 amide bonds. The number of carbonyl (C=O) groups excluding carboxylic acids is 1. The minimum atomic E-state index is -0.619. The molecule has 0 aliphatic carbocycles. The van der Waals surface area contributed by atoms with Gasteiger partial charge in [0.1, 0.15) is 17.2 Å². The Morgan fingerprint density at radius 3 is 2.94 bits per heavy atom. The number of methoxy groups -OCH3 is 1. The summed E-state index contributed by atoms with van der Waals surface area (Å²) in [5.41, 5.74) is 6.10. The first-order chi connectivity index (χ1) is 8.54. The Kier molecular flexibility index (Phi) is 3.20. The highest BCUT2D eigenvalue weighted by Gasteiger charge is 2.17. The standard InChI is InChI=1S/C11H9ClFN3O2/c1-18-11(17)7-5-15-16(10(7)14)9-4-6(13)2-3-8(9)12/h2-5H,14H2,1H3. The third kappa shape index (κ3) is 2.02. The van der Waals surface area contributed by atoms with E-state index in [1.54, 1.807) is 0 Å². The number of carbonyl (C=O) groups is 1. The van der Waals surface area contributed by atoms with E-state index in [-0.39, 0.29) is 22.1 Å². The summed E-state index contributed by atoms with van der Waals surface area (Å²) < 4.78 is 18.9. The average Bonchev–Trinajstić information content (AvgIpc) is 2.73. The summed E-state index contributed by atoms with van der Waals surface area (Å²) in [6.07, 6.45) is 1.24. The van der Waals surface area contributed by atoms with Crippen LogP contribution in [-0.4, -0.2) is 22.9 Å². The SMILES string of the molecule is COC(=O)c1cnn(-c2cc(F)ccc2Cl)c1N. The Bertz CT molecular complexity index is 612. The molecule has 2 rings (SSSR count). The van der Waals surface area contributed by atoms with Gasteiger partial charge in [-0.05, 0) is 12.1 Å². The maximum Gasteiger partial charge on any atom is 0.343 e. The van der Waals surface area contributed by atoms with Crippen molar-refractivity contribution in [2.45, 2.75) is 0 Å². The molecule has 0 aliphatic rings. The number of anilines is 1. The summed E-state index contributed by atoms with van der Waals surface area (Å²) in [5.74, 6) is -1.07. The van der Waals surface area contributed by atoms with Gasteiger partial charge in [0, 0.05) is 6.07 Å². The molecule has 0 aliphatic heterocycles. The number of ether oxygens (including phenoxy) is 1. The Labute approximate surface area is 107 Å². The largest absolute Gasteiger partial charge is 0.465 e. The number of aromatic nitrogens is 2. The van der Waals surface area contributed by atoms with Crippen molar-refractivity contribution in [1.82, 2.24) is 9.78 Å². The molecule has 0 bridgehead atoms. The van der Waals surface area contributed by atoms with E-state index in [0.29, 0.717) is 0 Å². The van der Waals surface area contributed by atoms with Gasteiger partial charge in [0.25, 0.3) is 0 Å². The molecule has 2 aromatic rings. The molecule has 1 aromatic heterocycles. The molecular weight excluding hydrogens is 261 g/mol. The van der Waals surface area contributed by atoms with Gasteiger partial charge in [-0.2, -0.15) is 5.10 Å². The van der Waals surface area contributed by atoms with Crippen LogP contribution in [0.2, 0.25) is 5.02 Å². The molecule has 0 atom stereocenters. The smallest absolute Gasteiger partial charge is 0.343 e. The zero-order chi connectivity index (χ0) is 13.3. The molecule has 0 saturated carbocycles. The summed E-state index contributed by atoms with van der Waals surface area (Å²) >= 11 is 5.93. The fraction of sp³-hybridized carbons (Fsp3) is 0.0909. The normalized spacial score (nSPS) is 10.4. The molecule has 0 unspecified atom stereocenters. The van der Waals surface area contributed by atoms with Crippen LogP contribution in [0.1, 0.15) is 10.4 Å². The van der Waals surface area contributed by atoms with Crippen LogP contribution in [0.15, 0.2) is 24.4 Å². The molecule has 0 fully saturated rings. The van der Waals surface area contributed by atoms with E-state index in [4.69, 9.17) is 17.3 Å². The lowest BCUT2D eigenvalue weighted by Gasteiger charge is -2.07. The maximum atomic E-state index is 13.2. The average molecular weight is 270 g/mol. The van der Waals surface area contributed by atoms with Crippen LogP contribution in [0, 0.1) is 5.82 Å². The lowest BCUT2D eigenvalue weighted by molar-refractivity contribution is 0.0602. The van der Waals surface area contributed by atoms with Crippen molar-refractivity contribution in [3.05, 3.63) is 40.8 Å². The topological polar surface area (TPSA) is 70.1 Å². The Morgan fingerprint density at radius 1 is 1.56 bits per heavy atom. The molecule has 5 nitrogen and oxygen atoms in total. The van der Waals surface area contributed by atoms with Gasteiger partial charge >= 0.3 is 5.97 Å². The summed E-state index contributed by atoms with van der Waals surface area (Å²) in [4.78, 5) is 11.4. The highest BCUT2D eigenvalue weighted by atomic mass is 35.5. The van der Waals surface area contributed by atoms with Crippen LogP contribution in [-0.2, 0) is 4.74 Å². The number of nitrogen functional groups attached to an aromatic ring is 1. The fourth-order valence-electron chi connectivity index (χ4n) is 1.47. The number of benzene rings is 1. The molecule has 0 radical (unpaired) electrons. The van der Waals surface area contributed by atoms with Gasteiger partial charge in [0.15, 0.2) is 0 Å². The van der Waals surface area contributed by atoms with Crippen LogP contribution >= 0.6 is 11.6 Å². The van der Waals surface area contributed by atoms with Crippen LogP contribution in [0.3, 0.4) is 0 Å². The van der Waals surface area contributed by atoms with Crippen LogP contribution in [0.5, 0.6) is 0 Å². The third-order valence-electron chi connectivity index (χ3n) is 2.35. The monoisotopic (exact) mass is 269 g/mol. The third-order valence-corrected chi connectivity index (χ3v) is 2.67. The second kappa shape index (κ2) is 4.66. The number of rotatable bonds is 2. The molecule has 2 N–H and O–H groups in total. The fourth-order valence-corrected chi connectivity index (χ4v) is 1.66. The number of esters is 1. The van der Waals surface area contributed by atoms with Gasteiger partial charge in [-0.15, -0.1) is 0 Å². The zero-order valence-corrected chi connectivity index (χ0v) is 10.1. The Morgan fingerprint density at radius 2 is 2.28 bits per heavy atom. The molecule has 1 aromatic carbocycles. The first-order valence-electron chi connectivity index (χ1n) is 4.92. The molecule has 18 heavy (non-hydrogen) atoms. The van der Waals surface area contributed by atoms with Gasteiger partial charge in [-0.25, -0.2) is 13.9 Å². The number of nitrogens with zero attached hydrogens (tertiary/aromatic N) is 2. The number of halogens is 2. The molecule has 94 valence electrons. The van der Waals surface area contributed by atoms with E-state index in [0.717, 1.165) is 0 Å². The minimum absolute atomic E-state index is 0.0364. The summed E-state index contributed by atoms with van der Waals surface area (Å²) in [6, 6.07) is 3.77. The first kappa shape index (κ1) is 12.4. The highest BCUT2D eigenvalue weighted by molar-refractivity contribution is 6.32. The molecule has 0 spiro atoms. The second-order valence-electron chi connectivity index (χ2n) is 3.44. The van der Waals surface area contributed by atoms with E-state index in [1.807, 2.05) is 0 Å². The van der Waals surface area contributed by atoms with E-state index >= 15 is 0 Å². The van der Waals surface area contributed by atoms with Gasteiger partial charge in [-0.1, -0.05) is 11.6 Å². The van der Waals surface area contributed by atoms with Crippen LogP contribution in [0.4, 0.5) is 10.2 Å². The van der Waals surface area contributed by atoms with Crippen LogP contribution in [0.25, 0.3) is 5.69 Å². The first-order valence-corrected chi connectivity index (χ1v) is 5.29. The lowest BCUT2D eigenvalue weighted by Crippen LogP contribution is -2.07. The van der Waals surface area contributed by atoms with Crippen molar-refractivity contribution < 1.29 is 13.9 Å². The van der Waals surface area contributed by atoms with Gasteiger partial charge in [0.2, 0.25) is 0 Å². The highest BCUT2D eigenvalue weighted by Crippen LogP contribution is 2.25.